The van der Waals surface area contributed by atoms with Crippen LogP contribution < -0.4 is 0 Å². The number of benzene rings is 1. The molecule has 2 heterocycles. The van der Waals surface area contributed by atoms with Gasteiger partial charge in [-0.05, 0) is 12.1 Å². The Hall–Kier alpha value is -1.89. The highest BCUT2D eigenvalue weighted by Gasteiger charge is 2.24. The molecule has 23 heavy (non-hydrogen) atoms. The predicted octanol–water partition coefficient (Wildman–Crippen LogP) is 4.28. The van der Waals surface area contributed by atoms with Gasteiger partial charge in [0, 0.05) is 5.56 Å². The van der Waals surface area contributed by atoms with E-state index in [0.29, 0.717) is 0 Å². The van der Waals surface area contributed by atoms with Gasteiger partial charge < -0.3 is 4.74 Å². The van der Waals surface area contributed by atoms with Crippen molar-refractivity contribution in [1.82, 2.24) is 14.6 Å². The first-order valence-electron chi connectivity index (χ1n) is 6.21. The van der Waals surface area contributed by atoms with Gasteiger partial charge in [0.05, 0.1) is 23.9 Å². The summed E-state index contributed by atoms with van der Waals surface area (Å²) in [6.45, 7) is 0. The van der Waals surface area contributed by atoms with E-state index in [-0.39, 0.29) is 37.7 Å². The highest BCUT2D eigenvalue weighted by atomic mass is 35.5. The van der Waals surface area contributed by atoms with Gasteiger partial charge in [-0.2, -0.15) is 5.10 Å². The van der Waals surface area contributed by atoms with Crippen LogP contribution in [-0.2, 0) is 4.74 Å². The van der Waals surface area contributed by atoms with Crippen molar-refractivity contribution in [2.24, 2.45) is 0 Å². The van der Waals surface area contributed by atoms with Gasteiger partial charge in [-0.15, -0.1) is 0 Å². The molecule has 3 aromatic rings. The first-order chi connectivity index (χ1) is 11.0. The highest BCUT2D eigenvalue weighted by Crippen LogP contribution is 2.39. The molecule has 0 saturated heterocycles. The smallest absolute Gasteiger partial charge is 0.343 e. The molecule has 1 aromatic carbocycles. The van der Waals surface area contributed by atoms with Crippen molar-refractivity contribution < 1.29 is 13.9 Å². The lowest BCUT2D eigenvalue weighted by Crippen LogP contribution is -2.04. The lowest BCUT2D eigenvalue weighted by molar-refractivity contribution is 0.0602. The van der Waals surface area contributed by atoms with Gasteiger partial charge in [0.25, 0.3) is 0 Å². The van der Waals surface area contributed by atoms with Gasteiger partial charge in [-0.25, -0.2) is 18.7 Å². The van der Waals surface area contributed by atoms with E-state index < -0.39 is 11.8 Å². The predicted molar refractivity (Wildman–Crippen MR) is 84.8 cm³/mol. The van der Waals surface area contributed by atoms with E-state index in [9.17, 15) is 9.18 Å². The monoisotopic (exact) mass is 373 g/mol. The molecule has 9 heteroatoms. The fraction of sp³-hybridized carbons (Fsp3) is 0.0714. The van der Waals surface area contributed by atoms with Crippen LogP contribution in [0.3, 0.4) is 0 Å². The van der Waals surface area contributed by atoms with Crippen LogP contribution >= 0.6 is 34.8 Å². The van der Waals surface area contributed by atoms with Crippen molar-refractivity contribution in [3.8, 4) is 11.1 Å². The SMILES string of the molecule is COC(=O)c1cnn2c(Cl)c(-c3c(F)cccc3Cl)c(Cl)nc12. The normalized spacial score (nSPS) is 11.0. The Labute approximate surface area is 144 Å². The molecule has 0 N–H and O–H groups in total. The molecule has 0 aliphatic rings. The van der Waals surface area contributed by atoms with Crippen molar-refractivity contribution in [3.63, 3.8) is 0 Å². The molecule has 0 unspecified atom stereocenters. The van der Waals surface area contributed by atoms with Crippen molar-refractivity contribution in [2.75, 3.05) is 7.11 Å². The first kappa shape index (κ1) is 16.0. The minimum Gasteiger partial charge on any atom is -0.465 e. The number of aromatic nitrogens is 3. The molecular weight excluding hydrogens is 368 g/mol. The summed E-state index contributed by atoms with van der Waals surface area (Å²) in [6.07, 6.45) is 1.24. The summed E-state index contributed by atoms with van der Waals surface area (Å²) in [5.74, 6) is -1.25. The van der Waals surface area contributed by atoms with E-state index in [2.05, 4.69) is 14.8 Å². The molecule has 2 aromatic heterocycles. The minimum absolute atomic E-state index is 0.00804. The maximum Gasteiger partial charge on any atom is 0.343 e. The Bertz CT molecular complexity index is 922. The molecular formula is C14H7Cl3FN3O2. The fourth-order valence-electron chi connectivity index (χ4n) is 2.13. The Morgan fingerprint density at radius 1 is 1.26 bits per heavy atom. The third kappa shape index (κ3) is 2.52. The number of methoxy groups -OCH3 is 1. The number of carbonyl (C=O) groups excluding carboxylic acids is 1. The largest absolute Gasteiger partial charge is 0.465 e. The van der Waals surface area contributed by atoms with Crippen LogP contribution in [0.4, 0.5) is 4.39 Å². The first-order valence-corrected chi connectivity index (χ1v) is 7.34. The molecule has 0 saturated carbocycles. The third-order valence-corrected chi connectivity index (χ3v) is 4.10. The third-order valence-electron chi connectivity index (χ3n) is 3.16. The average Bonchev–Trinajstić information content (AvgIpc) is 2.93. The molecule has 0 radical (unpaired) electrons. The highest BCUT2D eigenvalue weighted by molar-refractivity contribution is 6.40. The van der Waals surface area contributed by atoms with Crippen LogP contribution in [-0.4, -0.2) is 27.7 Å². The molecule has 0 bridgehead atoms. The summed E-state index contributed by atoms with van der Waals surface area (Å²) >= 11 is 18.5. The number of nitrogens with zero attached hydrogens (tertiary/aromatic N) is 3. The number of ether oxygens (including phenoxy) is 1. The summed E-state index contributed by atoms with van der Waals surface area (Å²) in [5, 5.41) is 3.95. The lowest BCUT2D eigenvalue weighted by Gasteiger charge is -2.11. The summed E-state index contributed by atoms with van der Waals surface area (Å²) < 4.78 is 20.0. The van der Waals surface area contributed by atoms with E-state index in [1.54, 1.807) is 0 Å². The molecule has 3 rings (SSSR count). The number of halogens is 4. The fourth-order valence-corrected chi connectivity index (χ4v) is 3.01. The molecule has 0 aliphatic heterocycles. The van der Waals surface area contributed by atoms with Gasteiger partial charge in [0.1, 0.15) is 21.7 Å². The van der Waals surface area contributed by atoms with Crippen LogP contribution in [0.25, 0.3) is 16.8 Å². The van der Waals surface area contributed by atoms with E-state index in [0.717, 1.165) is 4.52 Å². The second-order valence-corrected chi connectivity index (χ2v) is 5.57. The molecule has 0 spiro atoms. The number of carbonyl (C=O) groups is 1. The van der Waals surface area contributed by atoms with E-state index in [4.69, 9.17) is 34.8 Å². The number of rotatable bonds is 2. The molecule has 0 fully saturated rings. The second-order valence-electron chi connectivity index (χ2n) is 4.45. The molecule has 0 amide bonds. The Kier molecular flexibility index (Phi) is 4.14. The number of hydrogen-bond donors (Lipinski definition) is 0. The zero-order valence-corrected chi connectivity index (χ0v) is 13.7. The number of fused-ring (bicyclic) bond motifs is 1. The van der Waals surface area contributed by atoms with Crippen LogP contribution in [0.1, 0.15) is 10.4 Å². The van der Waals surface area contributed by atoms with E-state index in [1.165, 1.54) is 31.5 Å². The second kappa shape index (κ2) is 5.96. The van der Waals surface area contributed by atoms with Gasteiger partial charge in [0.15, 0.2) is 5.65 Å². The molecule has 0 aliphatic carbocycles. The molecule has 5 nitrogen and oxygen atoms in total. The van der Waals surface area contributed by atoms with Gasteiger partial charge >= 0.3 is 5.97 Å². The zero-order valence-electron chi connectivity index (χ0n) is 11.5. The summed E-state index contributed by atoms with van der Waals surface area (Å²) in [7, 11) is 1.22. The topological polar surface area (TPSA) is 56.5 Å². The van der Waals surface area contributed by atoms with Gasteiger partial charge in [-0.1, -0.05) is 40.9 Å². The average molecular weight is 375 g/mol. The van der Waals surface area contributed by atoms with Gasteiger partial charge in [0.2, 0.25) is 0 Å². The molecule has 118 valence electrons. The number of hydrogen-bond acceptors (Lipinski definition) is 4. The maximum atomic E-state index is 14.2. The summed E-state index contributed by atoms with van der Waals surface area (Å²) in [6, 6.07) is 4.18. The van der Waals surface area contributed by atoms with Gasteiger partial charge in [-0.3, -0.25) is 0 Å². The molecule has 0 atom stereocenters. The zero-order chi connectivity index (χ0) is 16.7. The van der Waals surface area contributed by atoms with E-state index in [1.807, 2.05) is 0 Å². The van der Waals surface area contributed by atoms with E-state index >= 15 is 0 Å². The van der Waals surface area contributed by atoms with Crippen molar-refractivity contribution in [1.29, 1.82) is 0 Å². The summed E-state index contributed by atoms with van der Waals surface area (Å²) in [4.78, 5) is 15.8. The Morgan fingerprint density at radius 2 is 2.00 bits per heavy atom. The standard InChI is InChI=1S/C14H7Cl3FN3O2/c1-23-14(22)6-5-19-21-12(17)10(11(16)20-13(6)21)9-7(15)3-2-4-8(9)18/h2-5H,1H3. The maximum absolute atomic E-state index is 14.2. The van der Waals surface area contributed by atoms with Crippen LogP contribution in [0.5, 0.6) is 0 Å². The van der Waals surface area contributed by atoms with Crippen molar-refractivity contribution in [3.05, 3.63) is 51.1 Å². The quantitative estimate of drug-likeness (QED) is 0.496. The Morgan fingerprint density at radius 3 is 2.65 bits per heavy atom. The van der Waals surface area contributed by atoms with Crippen molar-refractivity contribution in [2.45, 2.75) is 0 Å². The lowest BCUT2D eigenvalue weighted by atomic mass is 10.1. The van der Waals surface area contributed by atoms with Crippen LogP contribution in [0.15, 0.2) is 24.4 Å². The van der Waals surface area contributed by atoms with Crippen molar-refractivity contribution >= 4 is 46.4 Å². The summed E-state index contributed by atoms with van der Waals surface area (Å²) in [5.41, 5.74) is 0.280. The minimum atomic E-state index is -0.642. The Balaban J connectivity index is 2.35. The van der Waals surface area contributed by atoms with Crippen LogP contribution in [0, 0.1) is 5.82 Å². The number of esters is 1. The van der Waals surface area contributed by atoms with Crippen LogP contribution in [0.2, 0.25) is 15.3 Å².